The molecule has 29 heavy (non-hydrogen) atoms. The highest BCUT2D eigenvalue weighted by molar-refractivity contribution is 6.34. The number of hydrogen-bond acceptors (Lipinski definition) is 6. The van der Waals surface area contributed by atoms with Crippen LogP contribution in [-0.2, 0) is 6.61 Å². The monoisotopic (exact) mass is 415 g/mol. The van der Waals surface area contributed by atoms with Crippen molar-refractivity contribution in [2.24, 2.45) is 0 Å². The molecule has 3 rings (SSSR count). The van der Waals surface area contributed by atoms with Gasteiger partial charge < -0.3 is 14.6 Å². The summed E-state index contributed by atoms with van der Waals surface area (Å²) < 4.78 is 11.1. The Bertz CT molecular complexity index is 1070. The summed E-state index contributed by atoms with van der Waals surface area (Å²) >= 11 is 6.04. The Labute approximate surface area is 171 Å². The maximum Gasteiger partial charge on any atom is 0.278 e. The number of benzene rings is 2. The second-order valence-corrected chi connectivity index (χ2v) is 6.86. The SMILES string of the molecule is Cc1cccc(C)c1OCc1c(C(=O)Nc2ccc([N+](=O)[O-])cc2Cl)noc1C. The lowest BCUT2D eigenvalue weighted by Gasteiger charge is -2.12. The number of hydrogen-bond donors (Lipinski definition) is 1. The summed E-state index contributed by atoms with van der Waals surface area (Å²) in [5, 5.41) is 17.3. The first kappa shape index (κ1) is 20.3. The molecule has 3 aromatic rings. The number of halogens is 1. The minimum Gasteiger partial charge on any atom is -0.488 e. The third-order valence-electron chi connectivity index (χ3n) is 4.38. The van der Waals surface area contributed by atoms with Crippen molar-refractivity contribution >= 4 is 28.9 Å². The van der Waals surface area contributed by atoms with Gasteiger partial charge in [-0.25, -0.2) is 0 Å². The lowest BCUT2D eigenvalue weighted by molar-refractivity contribution is -0.384. The molecule has 0 bridgehead atoms. The molecule has 0 spiro atoms. The lowest BCUT2D eigenvalue weighted by atomic mass is 10.1. The molecule has 8 nitrogen and oxygen atoms in total. The van der Waals surface area contributed by atoms with Crippen LogP contribution in [0.5, 0.6) is 5.75 Å². The van der Waals surface area contributed by atoms with E-state index in [1.165, 1.54) is 12.1 Å². The fraction of sp³-hybridized carbons (Fsp3) is 0.200. The number of aryl methyl sites for hydroxylation is 3. The maximum atomic E-state index is 12.7. The molecule has 0 aliphatic rings. The number of amides is 1. The summed E-state index contributed by atoms with van der Waals surface area (Å²) in [5.41, 5.74) is 2.56. The molecule has 0 fully saturated rings. The highest BCUT2D eigenvalue weighted by Crippen LogP contribution is 2.28. The maximum absolute atomic E-state index is 12.7. The molecule has 1 heterocycles. The Morgan fingerprint density at radius 1 is 1.24 bits per heavy atom. The summed E-state index contributed by atoms with van der Waals surface area (Å²) in [6.45, 7) is 5.66. The van der Waals surface area contributed by atoms with Crippen LogP contribution in [0.4, 0.5) is 11.4 Å². The van der Waals surface area contributed by atoms with Gasteiger partial charge in [0.25, 0.3) is 11.6 Å². The number of ether oxygens (including phenoxy) is 1. The number of non-ortho nitro benzene ring substituents is 1. The summed E-state index contributed by atoms with van der Waals surface area (Å²) in [5.74, 6) is 0.631. The third kappa shape index (κ3) is 4.38. The van der Waals surface area contributed by atoms with Gasteiger partial charge in [0, 0.05) is 12.1 Å². The van der Waals surface area contributed by atoms with Gasteiger partial charge in [-0.05, 0) is 38.0 Å². The average Bonchev–Trinajstić information content (AvgIpc) is 3.03. The van der Waals surface area contributed by atoms with Crippen molar-refractivity contribution in [1.29, 1.82) is 0 Å². The molecule has 1 aromatic heterocycles. The fourth-order valence-electron chi connectivity index (χ4n) is 2.81. The van der Waals surface area contributed by atoms with E-state index >= 15 is 0 Å². The predicted molar refractivity (Wildman–Crippen MR) is 108 cm³/mol. The van der Waals surface area contributed by atoms with Crippen LogP contribution in [-0.4, -0.2) is 16.0 Å². The largest absolute Gasteiger partial charge is 0.488 e. The van der Waals surface area contributed by atoms with E-state index in [0.29, 0.717) is 11.3 Å². The van der Waals surface area contributed by atoms with Crippen molar-refractivity contribution in [3.05, 3.63) is 79.7 Å². The van der Waals surface area contributed by atoms with Gasteiger partial charge in [0.15, 0.2) is 5.69 Å². The molecular weight excluding hydrogens is 398 g/mol. The van der Waals surface area contributed by atoms with Crippen LogP contribution in [0.2, 0.25) is 5.02 Å². The van der Waals surface area contributed by atoms with E-state index in [4.69, 9.17) is 20.9 Å². The van der Waals surface area contributed by atoms with E-state index in [-0.39, 0.29) is 28.7 Å². The summed E-state index contributed by atoms with van der Waals surface area (Å²) in [7, 11) is 0. The zero-order valence-corrected chi connectivity index (χ0v) is 16.7. The van der Waals surface area contributed by atoms with Crippen molar-refractivity contribution in [3.8, 4) is 5.75 Å². The zero-order valence-electron chi connectivity index (χ0n) is 16.0. The molecule has 0 aliphatic carbocycles. The molecule has 1 amide bonds. The Balaban J connectivity index is 1.80. The number of nitrogens with zero attached hydrogens (tertiary/aromatic N) is 2. The van der Waals surface area contributed by atoms with Gasteiger partial charge in [-0.3, -0.25) is 14.9 Å². The van der Waals surface area contributed by atoms with E-state index in [0.717, 1.165) is 22.9 Å². The molecule has 9 heteroatoms. The summed E-state index contributed by atoms with van der Waals surface area (Å²) in [6, 6.07) is 9.59. The second kappa shape index (κ2) is 8.32. The van der Waals surface area contributed by atoms with Gasteiger partial charge in [0.05, 0.1) is 21.2 Å². The molecular formula is C20H18ClN3O5. The van der Waals surface area contributed by atoms with Gasteiger partial charge in [-0.15, -0.1) is 0 Å². The summed E-state index contributed by atoms with van der Waals surface area (Å²) in [6.07, 6.45) is 0. The first-order valence-electron chi connectivity index (χ1n) is 8.67. The quantitative estimate of drug-likeness (QED) is 0.448. The molecule has 0 radical (unpaired) electrons. The van der Waals surface area contributed by atoms with Gasteiger partial charge in [0.1, 0.15) is 18.1 Å². The topological polar surface area (TPSA) is 108 Å². The molecule has 0 saturated heterocycles. The van der Waals surface area contributed by atoms with Gasteiger partial charge in [-0.1, -0.05) is 35.0 Å². The van der Waals surface area contributed by atoms with E-state index in [1.807, 2.05) is 32.0 Å². The number of carbonyl (C=O) groups is 1. The van der Waals surface area contributed by atoms with Crippen LogP contribution < -0.4 is 10.1 Å². The van der Waals surface area contributed by atoms with Crippen LogP contribution in [0.15, 0.2) is 40.9 Å². The van der Waals surface area contributed by atoms with Crippen LogP contribution >= 0.6 is 11.6 Å². The second-order valence-electron chi connectivity index (χ2n) is 6.45. The van der Waals surface area contributed by atoms with Crippen LogP contribution in [0.1, 0.15) is 32.9 Å². The van der Waals surface area contributed by atoms with Crippen LogP contribution in [0, 0.1) is 30.9 Å². The lowest BCUT2D eigenvalue weighted by Crippen LogP contribution is -2.16. The minimum absolute atomic E-state index is 0.0427. The van der Waals surface area contributed by atoms with Crippen molar-refractivity contribution in [1.82, 2.24) is 5.16 Å². The van der Waals surface area contributed by atoms with Crippen molar-refractivity contribution in [3.63, 3.8) is 0 Å². The number of carbonyl (C=O) groups excluding carboxylic acids is 1. The Morgan fingerprint density at radius 3 is 2.55 bits per heavy atom. The van der Waals surface area contributed by atoms with E-state index < -0.39 is 10.8 Å². The Morgan fingerprint density at radius 2 is 1.93 bits per heavy atom. The van der Waals surface area contributed by atoms with Crippen molar-refractivity contribution in [2.45, 2.75) is 27.4 Å². The molecule has 0 unspecified atom stereocenters. The zero-order chi connectivity index (χ0) is 21.1. The number of nitro groups is 1. The van der Waals surface area contributed by atoms with Crippen molar-refractivity contribution < 1.29 is 19.0 Å². The number of para-hydroxylation sites is 1. The molecule has 0 atom stereocenters. The van der Waals surface area contributed by atoms with Gasteiger partial charge in [-0.2, -0.15) is 0 Å². The standard InChI is InChI=1S/C20H18ClN3O5/c1-11-5-4-6-12(2)19(11)28-10-15-13(3)29-23-18(15)20(25)22-17-8-7-14(24(26)27)9-16(17)21/h4-9H,10H2,1-3H3,(H,22,25). The first-order valence-corrected chi connectivity index (χ1v) is 9.05. The number of anilines is 1. The van der Waals surface area contributed by atoms with Crippen LogP contribution in [0.25, 0.3) is 0 Å². The molecule has 150 valence electrons. The summed E-state index contributed by atoms with van der Waals surface area (Å²) in [4.78, 5) is 22.9. The fourth-order valence-corrected chi connectivity index (χ4v) is 3.03. The molecule has 0 saturated carbocycles. The smallest absolute Gasteiger partial charge is 0.278 e. The Hall–Kier alpha value is -3.39. The van der Waals surface area contributed by atoms with Gasteiger partial charge >= 0.3 is 0 Å². The Kier molecular flexibility index (Phi) is 5.84. The van der Waals surface area contributed by atoms with Gasteiger partial charge in [0.2, 0.25) is 0 Å². The minimum atomic E-state index is -0.568. The normalized spacial score (nSPS) is 10.6. The number of aromatic nitrogens is 1. The van der Waals surface area contributed by atoms with Crippen LogP contribution in [0.3, 0.4) is 0 Å². The molecule has 2 aromatic carbocycles. The van der Waals surface area contributed by atoms with Crippen molar-refractivity contribution in [2.75, 3.05) is 5.32 Å². The van der Waals surface area contributed by atoms with E-state index in [9.17, 15) is 14.9 Å². The number of nitro benzene ring substituents is 1. The highest BCUT2D eigenvalue weighted by Gasteiger charge is 2.22. The number of rotatable bonds is 6. The number of nitrogens with one attached hydrogen (secondary N) is 1. The molecule has 1 N–H and O–H groups in total. The molecule has 0 aliphatic heterocycles. The predicted octanol–water partition coefficient (Wildman–Crippen LogP) is 4.99. The first-order chi connectivity index (χ1) is 13.8. The third-order valence-corrected chi connectivity index (χ3v) is 4.69. The average molecular weight is 416 g/mol. The van der Waals surface area contributed by atoms with E-state index in [1.54, 1.807) is 6.92 Å². The van der Waals surface area contributed by atoms with E-state index in [2.05, 4.69) is 10.5 Å². The highest BCUT2D eigenvalue weighted by atomic mass is 35.5.